The number of carbonyl (C=O) groups excluding carboxylic acids is 1. The fourth-order valence-electron chi connectivity index (χ4n) is 3.61. The van der Waals surface area contributed by atoms with Gasteiger partial charge in [-0.3, -0.25) is 4.79 Å². The molecule has 1 atom stereocenters. The fourth-order valence-corrected chi connectivity index (χ4v) is 3.61. The fraction of sp³-hybridized carbons (Fsp3) is 0.667. The second kappa shape index (κ2) is 9.26. The standard InChI is InChI=1S/C21H32N2O3/c1-3-18(15-23-9-7-16(2)8-10-23)22-21(24)14-17-5-6-19-20(13-17)26-12-4-11-25-19/h5-6,13,16,18H,3-4,7-12,14-15H2,1-2H3,(H,22,24). The van der Waals surface area contributed by atoms with Crippen LogP contribution in [-0.2, 0) is 11.2 Å². The molecule has 1 saturated heterocycles. The second-order valence-electron chi connectivity index (χ2n) is 7.66. The molecule has 0 bridgehead atoms. The molecule has 3 rings (SSSR count). The lowest BCUT2D eigenvalue weighted by Crippen LogP contribution is -2.46. The summed E-state index contributed by atoms with van der Waals surface area (Å²) < 4.78 is 11.4. The third kappa shape index (κ3) is 5.37. The Kier molecular flexibility index (Phi) is 6.78. The number of hydrogen-bond acceptors (Lipinski definition) is 4. The molecule has 26 heavy (non-hydrogen) atoms. The Balaban J connectivity index is 1.51. The number of benzene rings is 1. The molecule has 5 nitrogen and oxygen atoms in total. The first-order chi connectivity index (χ1) is 12.6. The Labute approximate surface area is 157 Å². The topological polar surface area (TPSA) is 50.8 Å². The van der Waals surface area contributed by atoms with Crippen LogP contribution in [0.5, 0.6) is 11.5 Å². The molecule has 1 aromatic carbocycles. The summed E-state index contributed by atoms with van der Waals surface area (Å²) in [5, 5.41) is 3.21. The zero-order valence-corrected chi connectivity index (χ0v) is 16.1. The predicted octanol–water partition coefficient (Wildman–Crippen LogP) is 3.02. The van der Waals surface area contributed by atoms with Gasteiger partial charge in [0.15, 0.2) is 11.5 Å². The van der Waals surface area contributed by atoms with E-state index in [2.05, 4.69) is 24.1 Å². The maximum atomic E-state index is 12.5. The van der Waals surface area contributed by atoms with E-state index in [0.29, 0.717) is 19.6 Å². The van der Waals surface area contributed by atoms with E-state index in [4.69, 9.17) is 9.47 Å². The highest BCUT2D eigenvalue weighted by atomic mass is 16.5. The lowest BCUT2D eigenvalue weighted by molar-refractivity contribution is -0.121. The third-order valence-electron chi connectivity index (χ3n) is 5.39. The maximum absolute atomic E-state index is 12.5. The summed E-state index contributed by atoms with van der Waals surface area (Å²) in [5.41, 5.74) is 0.966. The van der Waals surface area contributed by atoms with Crippen LogP contribution in [0.25, 0.3) is 0 Å². The molecule has 2 aliphatic rings. The van der Waals surface area contributed by atoms with E-state index in [0.717, 1.165) is 55.5 Å². The van der Waals surface area contributed by atoms with Gasteiger partial charge in [-0.15, -0.1) is 0 Å². The van der Waals surface area contributed by atoms with Gasteiger partial charge in [-0.2, -0.15) is 0 Å². The van der Waals surface area contributed by atoms with Gasteiger partial charge in [0.1, 0.15) is 0 Å². The van der Waals surface area contributed by atoms with E-state index in [1.54, 1.807) is 0 Å². The highest BCUT2D eigenvalue weighted by molar-refractivity contribution is 5.79. The molecule has 5 heteroatoms. The van der Waals surface area contributed by atoms with Gasteiger partial charge in [-0.05, 0) is 56.0 Å². The summed E-state index contributed by atoms with van der Waals surface area (Å²) in [6, 6.07) is 6.03. The first-order valence-electron chi connectivity index (χ1n) is 10.0. The van der Waals surface area contributed by atoms with E-state index in [1.165, 1.54) is 12.8 Å². The number of nitrogens with zero attached hydrogens (tertiary/aromatic N) is 1. The summed E-state index contributed by atoms with van der Waals surface area (Å²) >= 11 is 0. The highest BCUT2D eigenvalue weighted by Crippen LogP contribution is 2.30. The van der Waals surface area contributed by atoms with Crippen LogP contribution in [0, 0.1) is 5.92 Å². The van der Waals surface area contributed by atoms with Crippen molar-refractivity contribution >= 4 is 5.91 Å². The van der Waals surface area contributed by atoms with Crippen molar-refractivity contribution in [1.82, 2.24) is 10.2 Å². The van der Waals surface area contributed by atoms with Crippen LogP contribution in [0.4, 0.5) is 0 Å². The van der Waals surface area contributed by atoms with E-state index in [9.17, 15) is 4.79 Å². The van der Waals surface area contributed by atoms with Crippen LogP contribution in [0.15, 0.2) is 18.2 Å². The number of hydrogen-bond donors (Lipinski definition) is 1. The predicted molar refractivity (Wildman–Crippen MR) is 103 cm³/mol. The average molecular weight is 360 g/mol. The number of fused-ring (bicyclic) bond motifs is 1. The number of amides is 1. The van der Waals surface area contributed by atoms with Crippen molar-refractivity contribution in [2.24, 2.45) is 5.92 Å². The SMILES string of the molecule is CCC(CN1CCC(C)CC1)NC(=O)Cc1ccc2c(c1)OCCCO2. The smallest absolute Gasteiger partial charge is 0.224 e. The van der Waals surface area contributed by atoms with E-state index in [1.807, 2.05) is 18.2 Å². The number of carbonyl (C=O) groups is 1. The van der Waals surface area contributed by atoms with Gasteiger partial charge >= 0.3 is 0 Å². The molecular formula is C21H32N2O3. The van der Waals surface area contributed by atoms with Gasteiger partial charge in [0.2, 0.25) is 5.91 Å². The minimum Gasteiger partial charge on any atom is -0.490 e. The summed E-state index contributed by atoms with van der Waals surface area (Å²) in [5.74, 6) is 2.44. The van der Waals surface area contributed by atoms with Gasteiger partial charge in [-0.1, -0.05) is 19.9 Å². The molecule has 1 N–H and O–H groups in total. The Morgan fingerprint density at radius 1 is 1.23 bits per heavy atom. The molecule has 144 valence electrons. The van der Waals surface area contributed by atoms with Crippen LogP contribution in [0.2, 0.25) is 0 Å². The van der Waals surface area contributed by atoms with Gasteiger partial charge in [0.05, 0.1) is 19.6 Å². The molecular weight excluding hydrogens is 328 g/mol. The van der Waals surface area contributed by atoms with Crippen LogP contribution in [0.1, 0.15) is 45.1 Å². The Hall–Kier alpha value is -1.75. The summed E-state index contributed by atoms with van der Waals surface area (Å²) in [6.45, 7) is 9.06. The van der Waals surface area contributed by atoms with Gasteiger partial charge in [0.25, 0.3) is 0 Å². The second-order valence-corrected chi connectivity index (χ2v) is 7.66. The normalized spacial score (nSPS) is 19.6. The highest BCUT2D eigenvalue weighted by Gasteiger charge is 2.20. The monoisotopic (exact) mass is 360 g/mol. The van der Waals surface area contributed by atoms with Crippen molar-refractivity contribution in [3.63, 3.8) is 0 Å². The lowest BCUT2D eigenvalue weighted by Gasteiger charge is -2.33. The number of piperidine rings is 1. The molecule has 2 aliphatic heterocycles. The van der Waals surface area contributed by atoms with Crippen molar-refractivity contribution in [3.05, 3.63) is 23.8 Å². The largest absolute Gasteiger partial charge is 0.490 e. The average Bonchev–Trinajstić information content (AvgIpc) is 2.88. The summed E-state index contributed by atoms with van der Waals surface area (Å²) in [6.07, 6.45) is 4.75. The Bertz CT molecular complexity index is 597. The molecule has 1 unspecified atom stereocenters. The van der Waals surface area contributed by atoms with E-state index >= 15 is 0 Å². The van der Waals surface area contributed by atoms with Gasteiger partial charge < -0.3 is 19.7 Å². The minimum atomic E-state index is 0.0803. The van der Waals surface area contributed by atoms with Crippen LogP contribution >= 0.6 is 0 Å². The Morgan fingerprint density at radius 2 is 1.96 bits per heavy atom. The zero-order chi connectivity index (χ0) is 18.4. The van der Waals surface area contributed by atoms with E-state index in [-0.39, 0.29) is 11.9 Å². The molecule has 1 fully saturated rings. The first-order valence-corrected chi connectivity index (χ1v) is 10.0. The number of rotatable bonds is 6. The van der Waals surface area contributed by atoms with Gasteiger partial charge in [-0.25, -0.2) is 0 Å². The number of nitrogens with one attached hydrogen (secondary N) is 1. The molecule has 0 spiro atoms. The molecule has 1 amide bonds. The Morgan fingerprint density at radius 3 is 2.69 bits per heavy atom. The van der Waals surface area contributed by atoms with E-state index < -0.39 is 0 Å². The summed E-state index contributed by atoms with van der Waals surface area (Å²) in [4.78, 5) is 15.0. The van der Waals surface area contributed by atoms with Crippen molar-refractivity contribution in [2.45, 2.75) is 52.0 Å². The number of ether oxygens (including phenoxy) is 2. The molecule has 0 aromatic heterocycles. The molecule has 1 aromatic rings. The van der Waals surface area contributed by atoms with Crippen molar-refractivity contribution in [1.29, 1.82) is 0 Å². The quantitative estimate of drug-likeness (QED) is 0.847. The van der Waals surface area contributed by atoms with Crippen molar-refractivity contribution in [2.75, 3.05) is 32.8 Å². The van der Waals surface area contributed by atoms with Crippen LogP contribution in [-0.4, -0.2) is 49.7 Å². The zero-order valence-electron chi connectivity index (χ0n) is 16.1. The van der Waals surface area contributed by atoms with Gasteiger partial charge in [0, 0.05) is 19.0 Å². The van der Waals surface area contributed by atoms with Crippen LogP contribution in [0.3, 0.4) is 0 Å². The molecule has 2 heterocycles. The third-order valence-corrected chi connectivity index (χ3v) is 5.39. The molecule has 0 saturated carbocycles. The number of likely N-dealkylation sites (tertiary alicyclic amines) is 1. The molecule has 0 aliphatic carbocycles. The van der Waals surface area contributed by atoms with Crippen molar-refractivity contribution < 1.29 is 14.3 Å². The lowest BCUT2D eigenvalue weighted by atomic mass is 9.98. The van der Waals surface area contributed by atoms with Crippen LogP contribution < -0.4 is 14.8 Å². The summed E-state index contributed by atoms with van der Waals surface area (Å²) in [7, 11) is 0. The van der Waals surface area contributed by atoms with Crippen molar-refractivity contribution in [3.8, 4) is 11.5 Å². The first kappa shape index (κ1) is 19.0. The minimum absolute atomic E-state index is 0.0803. The maximum Gasteiger partial charge on any atom is 0.224 e. The molecule has 0 radical (unpaired) electrons.